The maximum absolute atomic E-state index is 14.3. The van der Waals surface area contributed by atoms with E-state index in [1.165, 1.54) is 24.0 Å². The van der Waals surface area contributed by atoms with Crippen LogP contribution in [0.15, 0.2) is 48.5 Å². The third-order valence-corrected chi connectivity index (χ3v) is 6.72. The molecule has 39 heavy (non-hydrogen) atoms. The van der Waals surface area contributed by atoms with E-state index >= 15 is 0 Å². The molecule has 1 aliphatic heterocycles. The summed E-state index contributed by atoms with van der Waals surface area (Å²) in [6.07, 6.45) is -0.851. The summed E-state index contributed by atoms with van der Waals surface area (Å²) in [6, 6.07) is 13.4. The monoisotopic (exact) mass is 556 g/mol. The predicted octanol–water partition coefficient (Wildman–Crippen LogP) is 4.04. The Morgan fingerprint density at radius 3 is 1.54 bits per heavy atom. The first-order valence-corrected chi connectivity index (χ1v) is 13.0. The number of hydrogen-bond acceptors (Lipinski definition) is 9. The first-order valence-electron chi connectivity index (χ1n) is 12.5. The van der Waals surface area contributed by atoms with Crippen LogP contribution in [0, 0.1) is 5.41 Å². The van der Waals surface area contributed by atoms with Crippen molar-refractivity contribution in [3.05, 3.63) is 48.5 Å². The fraction of sp³-hybridized carbons (Fsp3) is 0.393. The van der Waals surface area contributed by atoms with Crippen molar-refractivity contribution < 1.29 is 38.1 Å². The van der Waals surface area contributed by atoms with E-state index in [0.717, 1.165) is 0 Å². The van der Waals surface area contributed by atoms with Crippen molar-refractivity contribution in [1.82, 2.24) is 0 Å². The van der Waals surface area contributed by atoms with Crippen molar-refractivity contribution >= 4 is 52.5 Å². The number of anilines is 2. The Hall–Kier alpha value is -3.99. The number of rotatable bonds is 12. The van der Waals surface area contributed by atoms with Gasteiger partial charge in [-0.2, -0.15) is 0 Å². The van der Waals surface area contributed by atoms with Crippen LogP contribution in [-0.4, -0.2) is 56.3 Å². The van der Waals surface area contributed by atoms with Crippen LogP contribution in [-0.2, 0) is 28.7 Å². The van der Waals surface area contributed by atoms with E-state index in [1.807, 2.05) is 0 Å². The van der Waals surface area contributed by atoms with Crippen LogP contribution in [0.1, 0.15) is 39.5 Å². The van der Waals surface area contributed by atoms with Crippen molar-refractivity contribution in [2.45, 2.75) is 39.5 Å². The van der Waals surface area contributed by atoms with E-state index in [2.05, 4.69) is 0 Å². The average Bonchev–Trinajstić information content (AvgIpc) is 2.93. The first-order chi connectivity index (χ1) is 18.7. The molecule has 0 unspecified atom stereocenters. The van der Waals surface area contributed by atoms with E-state index in [1.54, 1.807) is 62.4 Å². The zero-order chi connectivity index (χ0) is 28.6. The summed E-state index contributed by atoms with van der Waals surface area (Å²) < 4.78 is 20.8. The lowest BCUT2D eigenvalue weighted by Crippen LogP contribution is -2.66. The fourth-order valence-electron chi connectivity index (χ4n) is 4.40. The van der Waals surface area contributed by atoms with Crippen LogP contribution in [0.2, 0.25) is 0 Å². The molecule has 0 N–H and O–H groups in total. The van der Waals surface area contributed by atoms with Gasteiger partial charge in [0.1, 0.15) is 16.9 Å². The van der Waals surface area contributed by atoms with Crippen molar-refractivity contribution in [2.24, 2.45) is 5.41 Å². The molecule has 10 nitrogen and oxygen atoms in total. The summed E-state index contributed by atoms with van der Waals surface area (Å²) in [5.41, 5.74) is -1.10. The molecule has 1 heterocycles. The molecule has 0 aromatic heterocycles. The van der Waals surface area contributed by atoms with E-state index < -0.39 is 29.2 Å². The smallest absolute Gasteiger partial charge is 0.305 e. The van der Waals surface area contributed by atoms with Gasteiger partial charge in [0.05, 0.1) is 38.8 Å². The highest BCUT2D eigenvalue weighted by Gasteiger charge is 2.56. The highest BCUT2D eigenvalue weighted by Crippen LogP contribution is 2.43. The van der Waals surface area contributed by atoms with E-state index in [4.69, 9.17) is 31.2 Å². The lowest BCUT2D eigenvalue weighted by atomic mass is 9.74. The maximum atomic E-state index is 14.3. The number of hydrogen-bond donors (Lipinski definition) is 0. The average molecular weight is 557 g/mol. The van der Waals surface area contributed by atoms with Gasteiger partial charge in [-0.3, -0.25) is 29.0 Å². The Morgan fingerprint density at radius 2 is 1.18 bits per heavy atom. The van der Waals surface area contributed by atoms with Crippen molar-refractivity contribution in [2.75, 3.05) is 37.2 Å². The minimum Gasteiger partial charge on any atom is -0.497 e. The Balaban J connectivity index is 2.20. The highest BCUT2D eigenvalue weighted by molar-refractivity contribution is 7.81. The molecule has 2 amide bonds. The molecule has 0 aliphatic carbocycles. The number of thiocarbonyl (C=S) groups is 1. The Morgan fingerprint density at radius 1 is 0.769 bits per heavy atom. The van der Waals surface area contributed by atoms with Crippen LogP contribution in [0.5, 0.6) is 11.5 Å². The molecular weight excluding hydrogens is 524 g/mol. The van der Waals surface area contributed by atoms with Crippen LogP contribution < -0.4 is 19.3 Å². The van der Waals surface area contributed by atoms with Crippen LogP contribution in [0.25, 0.3) is 0 Å². The zero-order valence-electron chi connectivity index (χ0n) is 22.4. The van der Waals surface area contributed by atoms with Gasteiger partial charge in [-0.15, -0.1) is 0 Å². The molecule has 1 fully saturated rings. The lowest BCUT2D eigenvalue weighted by molar-refractivity contribution is -0.147. The summed E-state index contributed by atoms with van der Waals surface area (Å²) in [5, 5.41) is -0.0885. The van der Waals surface area contributed by atoms with Gasteiger partial charge in [0.15, 0.2) is 5.11 Å². The molecule has 2 aromatic rings. The molecule has 11 heteroatoms. The van der Waals surface area contributed by atoms with E-state index in [0.29, 0.717) is 22.9 Å². The Labute approximate surface area is 232 Å². The van der Waals surface area contributed by atoms with Crippen molar-refractivity contribution in [1.29, 1.82) is 0 Å². The van der Waals surface area contributed by atoms with Crippen LogP contribution >= 0.6 is 12.2 Å². The second kappa shape index (κ2) is 13.2. The minimum atomic E-state index is -1.83. The molecule has 0 spiro atoms. The predicted molar refractivity (Wildman–Crippen MR) is 148 cm³/mol. The number of nitrogens with zero attached hydrogens (tertiary/aromatic N) is 2. The lowest BCUT2D eigenvalue weighted by Gasteiger charge is -2.45. The van der Waals surface area contributed by atoms with Gasteiger partial charge in [0, 0.05) is 25.0 Å². The largest absolute Gasteiger partial charge is 0.497 e. The summed E-state index contributed by atoms with van der Waals surface area (Å²) >= 11 is 5.73. The summed E-state index contributed by atoms with van der Waals surface area (Å²) in [6.45, 7) is 3.62. The second-order valence-electron chi connectivity index (χ2n) is 8.66. The van der Waals surface area contributed by atoms with Gasteiger partial charge in [-0.25, -0.2) is 0 Å². The van der Waals surface area contributed by atoms with Gasteiger partial charge in [-0.1, -0.05) is 12.1 Å². The topological polar surface area (TPSA) is 112 Å². The third-order valence-electron chi connectivity index (χ3n) is 6.35. The molecule has 2 aromatic carbocycles. The number of carbonyl (C=O) groups excluding carboxylic acids is 4. The van der Waals surface area contributed by atoms with Crippen molar-refractivity contribution in [3.8, 4) is 11.5 Å². The molecule has 3 rings (SSSR count). The second-order valence-corrected chi connectivity index (χ2v) is 9.02. The van der Waals surface area contributed by atoms with Crippen LogP contribution in [0.3, 0.4) is 0 Å². The molecule has 0 saturated carbocycles. The Kier molecular flexibility index (Phi) is 10.00. The van der Waals surface area contributed by atoms with Gasteiger partial charge >= 0.3 is 11.9 Å². The Bertz CT molecular complexity index is 1150. The van der Waals surface area contributed by atoms with E-state index in [9.17, 15) is 19.2 Å². The minimum absolute atomic E-state index is 0.0885. The molecule has 1 aliphatic rings. The first kappa shape index (κ1) is 29.6. The SMILES string of the molecule is CCOC(=O)CCC1(CCC(=O)OCC)C(=O)N(c2cccc(OC)c2)C(=S)N(c2cccc(OC)c2)C1=O. The summed E-state index contributed by atoms with van der Waals surface area (Å²) in [4.78, 5) is 55.9. The van der Waals surface area contributed by atoms with Gasteiger partial charge in [0.25, 0.3) is 0 Å². The molecule has 1 saturated heterocycles. The number of carbonyl (C=O) groups is 4. The number of ether oxygens (including phenoxy) is 4. The zero-order valence-corrected chi connectivity index (χ0v) is 23.2. The van der Waals surface area contributed by atoms with Gasteiger partial charge < -0.3 is 18.9 Å². The number of amides is 2. The maximum Gasteiger partial charge on any atom is 0.305 e. The molecule has 0 atom stereocenters. The van der Waals surface area contributed by atoms with Gasteiger partial charge in [-0.05, 0) is 63.2 Å². The number of benzene rings is 2. The van der Waals surface area contributed by atoms with Crippen molar-refractivity contribution in [3.63, 3.8) is 0 Å². The molecular formula is C28H32N2O8S. The summed E-state index contributed by atoms with van der Waals surface area (Å²) in [7, 11) is 2.98. The number of esters is 2. The normalized spacial score (nSPS) is 14.7. The summed E-state index contributed by atoms with van der Waals surface area (Å²) in [5.74, 6) is -1.50. The standard InChI is InChI=1S/C28H32N2O8S/c1-5-37-23(31)13-15-28(16-14-24(32)38-6-2)25(33)29(19-9-7-11-21(17-19)35-3)27(39)30(26(28)34)20-10-8-12-22(18-20)36-4/h7-12,17-18H,5-6,13-16H2,1-4H3. The fourth-order valence-corrected chi connectivity index (χ4v) is 4.77. The van der Waals surface area contributed by atoms with Crippen LogP contribution in [0.4, 0.5) is 11.4 Å². The molecule has 208 valence electrons. The van der Waals surface area contributed by atoms with E-state index in [-0.39, 0.29) is 44.0 Å². The highest BCUT2D eigenvalue weighted by atomic mass is 32.1. The number of methoxy groups -OCH3 is 2. The molecule has 0 bridgehead atoms. The quantitative estimate of drug-likeness (QED) is 0.217. The van der Waals surface area contributed by atoms with Gasteiger partial charge in [0.2, 0.25) is 11.8 Å². The third kappa shape index (κ3) is 6.36. The molecule has 0 radical (unpaired) electrons.